The molecule has 0 N–H and O–H groups in total. The minimum atomic E-state index is -0.594. The lowest BCUT2D eigenvalue weighted by Crippen LogP contribution is -2.02. The molecule has 0 amide bonds. The number of methoxy groups -OCH3 is 1. The highest BCUT2D eigenvalue weighted by molar-refractivity contribution is 6.33. The highest BCUT2D eigenvalue weighted by atomic mass is 35.5. The third-order valence-corrected chi connectivity index (χ3v) is 2.00. The molecule has 14 heavy (non-hydrogen) atoms. The SMILES string of the molecule is C=C(F)c1ccc(C(=O)OC)c(Cl)c1. The smallest absolute Gasteiger partial charge is 0.339 e. The Bertz CT molecular complexity index is 388. The van der Waals surface area contributed by atoms with Gasteiger partial charge >= 0.3 is 5.97 Å². The average Bonchev–Trinajstić information content (AvgIpc) is 2.16. The second-order valence-electron chi connectivity index (χ2n) is 2.59. The van der Waals surface area contributed by atoms with E-state index in [9.17, 15) is 9.18 Å². The van der Waals surface area contributed by atoms with Gasteiger partial charge in [-0.25, -0.2) is 9.18 Å². The van der Waals surface area contributed by atoms with Crippen molar-refractivity contribution in [2.75, 3.05) is 7.11 Å². The summed E-state index contributed by atoms with van der Waals surface area (Å²) >= 11 is 5.74. The van der Waals surface area contributed by atoms with Crippen LogP contribution in [0.25, 0.3) is 5.83 Å². The number of ether oxygens (including phenoxy) is 1. The van der Waals surface area contributed by atoms with Gasteiger partial charge in [0, 0.05) is 5.56 Å². The Morgan fingerprint density at radius 3 is 2.64 bits per heavy atom. The van der Waals surface area contributed by atoms with Crippen molar-refractivity contribution in [2.45, 2.75) is 0 Å². The van der Waals surface area contributed by atoms with Crippen LogP contribution in [0.4, 0.5) is 4.39 Å². The molecule has 74 valence electrons. The number of carbonyl (C=O) groups is 1. The fourth-order valence-corrected chi connectivity index (χ4v) is 1.22. The summed E-state index contributed by atoms with van der Waals surface area (Å²) in [5.41, 5.74) is 0.460. The van der Waals surface area contributed by atoms with Gasteiger partial charge in [0.15, 0.2) is 0 Å². The summed E-state index contributed by atoms with van der Waals surface area (Å²) in [5.74, 6) is -1.14. The van der Waals surface area contributed by atoms with Gasteiger partial charge in [-0.3, -0.25) is 0 Å². The number of esters is 1. The number of carbonyl (C=O) groups excluding carboxylic acids is 1. The molecule has 0 saturated heterocycles. The summed E-state index contributed by atoms with van der Waals surface area (Å²) in [5, 5.41) is 0.146. The van der Waals surface area contributed by atoms with Crippen LogP contribution in [0.5, 0.6) is 0 Å². The molecule has 2 nitrogen and oxygen atoms in total. The molecule has 0 aliphatic rings. The Morgan fingerprint density at radius 2 is 2.21 bits per heavy atom. The molecular formula is C10H8ClFO2. The highest BCUT2D eigenvalue weighted by Crippen LogP contribution is 2.22. The van der Waals surface area contributed by atoms with E-state index < -0.39 is 11.8 Å². The van der Waals surface area contributed by atoms with Gasteiger partial charge in [-0.15, -0.1) is 0 Å². The van der Waals surface area contributed by atoms with Gasteiger partial charge in [0.25, 0.3) is 0 Å². The quantitative estimate of drug-likeness (QED) is 0.708. The number of rotatable bonds is 2. The molecule has 4 heteroatoms. The van der Waals surface area contributed by atoms with Crippen LogP contribution in [0.3, 0.4) is 0 Å². The van der Waals surface area contributed by atoms with Gasteiger partial charge in [-0.1, -0.05) is 24.2 Å². The summed E-state index contributed by atoms with van der Waals surface area (Å²) in [4.78, 5) is 11.1. The first-order valence-electron chi connectivity index (χ1n) is 3.79. The molecule has 1 aromatic rings. The molecule has 0 spiro atoms. The van der Waals surface area contributed by atoms with Crippen molar-refractivity contribution in [2.24, 2.45) is 0 Å². The van der Waals surface area contributed by atoms with Crippen molar-refractivity contribution in [3.8, 4) is 0 Å². The monoisotopic (exact) mass is 214 g/mol. The molecule has 1 rings (SSSR count). The van der Waals surface area contributed by atoms with Crippen molar-refractivity contribution < 1.29 is 13.9 Å². The summed E-state index contributed by atoms with van der Waals surface area (Å²) in [6, 6.07) is 4.14. The predicted molar refractivity (Wildman–Crippen MR) is 52.9 cm³/mol. The van der Waals surface area contributed by atoms with E-state index in [4.69, 9.17) is 11.6 Å². The first-order chi connectivity index (χ1) is 6.56. The second-order valence-corrected chi connectivity index (χ2v) is 3.00. The molecule has 0 aromatic heterocycles. The van der Waals surface area contributed by atoms with Crippen LogP contribution in [0.2, 0.25) is 5.02 Å². The molecular weight excluding hydrogens is 207 g/mol. The maximum absolute atomic E-state index is 12.7. The Kier molecular flexibility index (Phi) is 3.25. The molecule has 0 unspecified atom stereocenters. The van der Waals surface area contributed by atoms with E-state index in [2.05, 4.69) is 11.3 Å². The van der Waals surface area contributed by atoms with Gasteiger partial charge in [0.1, 0.15) is 5.83 Å². The first kappa shape index (κ1) is 10.7. The van der Waals surface area contributed by atoms with Crippen molar-refractivity contribution >= 4 is 23.4 Å². The van der Waals surface area contributed by atoms with Gasteiger partial charge in [0.05, 0.1) is 17.7 Å². The van der Waals surface area contributed by atoms with Gasteiger partial charge in [-0.05, 0) is 12.1 Å². The Labute approximate surface area is 85.9 Å². The van der Waals surface area contributed by atoms with Crippen LogP contribution in [-0.4, -0.2) is 13.1 Å². The molecule has 0 radical (unpaired) electrons. The van der Waals surface area contributed by atoms with Crippen LogP contribution in [0.1, 0.15) is 15.9 Å². The van der Waals surface area contributed by atoms with Crippen molar-refractivity contribution in [1.29, 1.82) is 0 Å². The third-order valence-electron chi connectivity index (χ3n) is 1.69. The van der Waals surface area contributed by atoms with Crippen LogP contribution >= 0.6 is 11.6 Å². The highest BCUT2D eigenvalue weighted by Gasteiger charge is 2.11. The predicted octanol–water partition coefficient (Wildman–Crippen LogP) is 3.07. The topological polar surface area (TPSA) is 26.3 Å². The largest absolute Gasteiger partial charge is 0.465 e. The molecule has 0 heterocycles. The Balaban J connectivity index is 3.14. The molecule has 0 fully saturated rings. The molecule has 0 saturated carbocycles. The van der Waals surface area contributed by atoms with Crippen molar-refractivity contribution in [1.82, 2.24) is 0 Å². The lowest BCUT2D eigenvalue weighted by Gasteiger charge is -2.03. The normalized spacial score (nSPS) is 9.64. The summed E-state index contributed by atoms with van der Waals surface area (Å²) in [7, 11) is 1.25. The Morgan fingerprint density at radius 1 is 1.57 bits per heavy atom. The zero-order chi connectivity index (χ0) is 10.7. The zero-order valence-corrected chi connectivity index (χ0v) is 8.27. The first-order valence-corrected chi connectivity index (χ1v) is 4.16. The Hall–Kier alpha value is -1.35. The van der Waals surface area contributed by atoms with E-state index in [-0.39, 0.29) is 16.1 Å². The number of hydrogen-bond donors (Lipinski definition) is 0. The average molecular weight is 215 g/mol. The van der Waals surface area contributed by atoms with Crippen LogP contribution < -0.4 is 0 Å². The van der Waals surface area contributed by atoms with Gasteiger partial charge < -0.3 is 4.74 Å². The van der Waals surface area contributed by atoms with E-state index in [1.807, 2.05) is 0 Å². The van der Waals surface area contributed by atoms with Gasteiger partial charge in [-0.2, -0.15) is 0 Å². The maximum atomic E-state index is 12.7. The minimum Gasteiger partial charge on any atom is -0.465 e. The molecule has 0 atom stereocenters. The van der Waals surface area contributed by atoms with E-state index in [1.54, 1.807) is 0 Å². The minimum absolute atomic E-state index is 0.146. The van der Waals surface area contributed by atoms with Crippen LogP contribution in [-0.2, 0) is 4.74 Å². The number of benzene rings is 1. The van der Waals surface area contributed by atoms with Crippen LogP contribution in [0, 0.1) is 0 Å². The number of hydrogen-bond acceptors (Lipinski definition) is 2. The second kappa shape index (κ2) is 4.24. The van der Waals surface area contributed by atoms with E-state index >= 15 is 0 Å². The van der Waals surface area contributed by atoms with E-state index in [0.717, 1.165) is 0 Å². The molecule has 1 aromatic carbocycles. The number of halogens is 2. The standard InChI is InChI=1S/C10H8ClFO2/c1-6(12)7-3-4-8(9(11)5-7)10(13)14-2/h3-5H,1H2,2H3. The van der Waals surface area contributed by atoms with Crippen molar-refractivity contribution in [3.63, 3.8) is 0 Å². The van der Waals surface area contributed by atoms with Gasteiger partial charge in [0.2, 0.25) is 0 Å². The third kappa shape index (κ3) is 2.12. The lowest BCUT2D eigenvalue weighted by molar-refractivity contribution is 0.0601. The zero-order valence-electron chi connectivity index (χ0n) is 7.51. The van der Waals surface area contributed by atoms with Crippen LogP contribution in [0.15, 0.2) is 24.8 Å². The van der Waals surface area contributed by atoms with Crippen molar-refractivity contribution in [3.05, 3.63) is 40.9 Å². The summed E-state index contributed by atoms with van der Waals surface area (Å²) in [6.07, 6.45) is 0. The fourth-order valence-electron chi connectivity index (χ4n) is 0.959. The molecule has 0 bridgehead atoms. The summed E-state index contributed by atoms with van der Waals surface area (Å²) in [6.45, 7) is 3.12. The summed E-state index contributed by atoms with van der Waals surface area (Å²) < 4.78 is 17.1. The van der Waals surface area contributed by atoms with E-state index in [0.29, 0.717) is 0 Å². The maximum Gasteiger partial charge on any atom is 0.339 e. The molecule has 0 aliphatic heterocycles. The molecule has 0 aliphatic carbocycles. The fraction of sp³-hybridized carbons (Fsp3) is 0.100. The van der Waals surface area contributed by atoms with E-state index in [1.165, 1.54) is 25.3 Å². The lowest BCUT2D eigenvalue weighted by atomic mass is 10.1.